The maximum Gasteiger partial charge on any atom is 0.325 e. The van der Waals surface area contributed by atoms with Gasteiger partial charge in [-0.15, -0.1) is 0 Å². The van der Waals surface area contributed by atoms with Gasteiger partial charge in [0.1, 0.15) is 12.6 Å². The first-order chi connectivity index (χ1) is 12.5. The third-order valence-electron chi connectivity index (χ3n) is 5.52. The van der Waals surface area contributed by atoms with Crippen molar-refractivity contribution < 1.29 is 19.5 Å². The van der Waals surface area contributed by atoms with E-state index >= 15 is 0 Å². The number of hydrogen-bond donors (Lipinski definition) is 2. The van der Waals surface area contributed by atoms with Crippen molar-refractivity contribution in [2.75, 3.05) is 19.6 Å². The molecule has 140 valence electrons. The van der Waals surface area contributed by atoms with Crippen LogP contribution >= 0.6 is 0 Å². The van der Waals surface area contributed by atoms with Gasteiger partial charge in [0.2, 0.25) is 5.91 Å². The first kappa shape index (κ1) is 17.0. The van der Waals surface area contributed by atoms with Crippen molar-refractivity contribution >= 4 is 17.8 Å². The minimum absolute atomic E-state index is 0.0543. The zero-order chi connectivity index (χ0) is 18.3. The van der Waals surface area contributed by atoms with Gasteiger partial charge in [-0.05, 0) is 31.2 Å². The molecule has 0 aromatic carbocycles. The molecular formula is C17H23N5O4. The molecule has 1 saturated carbocycles. The summed E-state index contributed by atoms with van der Waals surface area (Å²) in [6.45, 7) is 1.30. The number of aliphatic hydroxyl groups excluding tert-OH is 1. The highest BCUT2D eigenvalue weighted by atomic mass is 16.3. The lowest BCUT2D eigenvalue weighted by Gasteiger charge is -2.29. The van der Waals surface area contributed by atoms with E-state index in [1.165, 1.54) is 0 Å². The van der Waals surface area contributed by atoms with Gasteiger partial charge in [-0.1, -0.05) is 6.42 Å². The zero-order valence-corrected chi connectivity index (χ0v) is 14.6. The third kappa shape index (κ3) is 3.07. The average Bonchev–Trinajstić information content (AvgIpc) is 3.03. The molecule has 2 fully saturated rings. The van der Waals surface area contributed by atoms with Crippen LogP contribution in [0.4, 0.5) is 4.79 Å². The topological polar surface area (TPSA) is 108 Å². The molecule has 9 heteroatoms. The number of nitrogens with zero attached hydrogens (tertiary/aromatic N) is 4. The number of carbonyl (C=O) groups excluding carboxylic acids is 3. The summed E-state index contributed by atoms with van der Waals surface area (Å²) in [4.78, 5) is 38.5. The number of fused-ring (bicyclic) bond motifs is 1. The number of amides is 4. The lowest BCUT2D eigenvalue weighted by Crippen LogP contribution is -2.42. The molecule has 3 heterocycles. The Bertz CT molecular complexity index is 726. The number of urea groups is 1. The molecule has 0 bridgehead atoms. The van der Waals surface area contributed by atoms with Crippen LogP contribution in [0.5, 0.6) is 0 Å². The summed E-state index contributed by atoms with van der Waals surface area (Å²) in [6, 6.07) is 1.36. The van der Waals surface area contributed by atoms with Crippen molar-refractivity contribution in [1.82, 2.24) is 24.9 Å². The van der Waals surface area contributed by atoms with Crippen LogP contribution < -0.4 is 5.32 Å². The molecule has 0 spiro atoms. The molecule has 0 unspecified atom stereocenters. The Morgan fingerprint density at radius 3 is 2.77 bits per heavy atom. The van der Waals surface area contributed by atoms with E-state index in [0.29, 0.717) is 25.3 Å². The number of hydrogen-bond acceptors (Lipinski definition) is 5. The molecule has 0 radical (unpaired) electrons. The van der Waals surface area contributed by atoms with Crippen LogP contribution in [0.15, 0.2) is 6.07 Å². The molecular weight excluding hydrogens is 338 g/mol. The fourth-order valence-electron chi connectivity index (χ4n) is 3.69. The van der Waals surface area contributed by atoms with E-state index in [4.69, 9.17) is 0 Å². The van der Waals surface area contributed by atoms with E-state index in [1.54, 1.807) is 4.90 Å². The largest absolute Gasteiger partial charge is 0.386 e. The minimum Gasteiger partial charge on any atom is -0.386 e. The van der Waals surface area contributed by atoms with E-state index in [1.807, 2.05) is 10.7 Å². The number of rotatable bonds is 4. The number of aromatic nitrogens is 2. The molecule has 1 aromatic rings. The van der Waals surface area contributed by atoms with Crippen molar-refractivity contribution in [3.63, 3.8) is 0 Å². The smallest absolute Gasteiger partial charge is 0.325 e. The van der Waals surface area contributed by atoms with Crippen molar-refractivity contribution in [3.8, 4) is 0 Å². The second kappa shape index (κ2) is 6.71. The highest BCUT2D eigenvalue weighted by Crippen LogP contribution is 2.37. The molecule has 2 N–H and O–H groups in total. The standard InChI is InChI=1S/C17H23N5O4/c23-14-8-18-17(26)21(14)10-15(24)20-5-2-6-22-12(9-20)7-13(19-22)16(25)11-3-1-4-11/h7,11,16,25H,1-6,8-10H2,(H,18,26)/t16-/m0/s1. The Hall–Kier alpha value is -2.42. The van der Waals surface area contributed by atoms with Crippen LogP contribution in [0.25, 0.3) is 0 Å². The first-order valence-corrected chi connectivity index (χ1v) is 9.13. The third-order valence-corrected chi connectivity index (χ3v) is 5.52. The van der Waals surface area contributed by atoms with Gasteiger partial charge in [-0.25, -0.2) is 4.79 Å². The second-order valence-corrected chi connectivity index (χ2v) is 7.23. The van der Waals surface area contributed by atoms with Gasteiger partial charge in [0.05, 0.1) is 24.5 Å². The van der Waals surface area contributed by atoms with Crippen LogP contribution in [0.2, 0.25) is 0 Å². The van der Waals surface area contributed by atoms with Crippen LogP contribution in [0.1, 0.15) is 43.2 Å². The summed E-state index contributed by atoms with van der Waals surface area (Å²) in [6.07, 6.45) is 3.40. The highest BCUT2D eigenvalue weighted by Gasteiger charge is 2.33. The SMILES string of the molecule is O=C(CN1C(=O)CNC1=O)N1CCCn2nc([C@@H](O)C3CCC3)cc2C1. The summed E-state index contributed by atoms with van der Waals surface area (Å²) in [5, 5.41) is 17.4. The molecule has 26 heavy (non-hydrogen) atoms. The Morgan fingerprint density at radius 1 is 1.31 bits per heavy atom. The Morgan fingerprint density at radius 2 is 2.12 bits per heavy atom. The van der Waals surface area contributed by atoms with E-state index in [0.717, 1.165) is 36.3 Å². The van der Waals surface area contributed by atoms with Crippen molar-refractivity contribution in [2.24, 2.45) is 5.92 Å². The van der Waals surface area contributed by atoms with Crippen molar-refractivity contribution in [2.45, 2.75) is 44.9 Å². The lowest BCUT2D eigenvalue weighted by molar-refractivity contribution is -0.136. The molecule has 1 aliphatic carbocycles. The molecule has 1 saturated heterocycles. The lowest BCUT2D eigenvalue weighted by atomic mass is 9.80. The first-order valence-electron chi connectivity index (χ1n) is 9.13. The van der Waals surface area contributed by atoms with Crippen LogP contribution in [0.3, 0.4) is 0 Å². The Labute approximate surface area is 150 Å². The summed E-state index contributed by atoms with van der Waals surface area (Å²) in [7, 11) is 0. The summed E-state index contributed by atoms with van der Waals surface area (Å²) >= 11 is 0. The van der Waals surface area contributed by atoms with Gasteiger partial charge in [0.15, 0.2) is 0 Å². The number of imide groups is 1. The maximum absolute atomic E-state index is 12.6. The molecule has 2 aliphatic heterocycles. The van der Waals surface area contributed by atoms with Crippen molar-refractivity contribution in [3.05, 3.63) is 17.5 Å². The van der Waals surface area contributed by atoms with Gasteiger partial charge in [-0.2, -0.15) is 5.10 Å². The zero-order valence-electron chi connectivity index (χ0n) is 14.6. The van der Waals surface area contributed by atoms with Crippen LogP contribution in [-0.2, 0) is 22.7 Å². The van der Waals surface area contributed by atoms with Gasteiger partial charge < -0.3 is 15.3 Å². The molecule has 3 aliphatic rings. The van der Waals surface area contributed by atoms with E-state index in [2.05, 4.69) is 10.4 Å². The van der Waals surface area contributed by atoms with Gasteiger partial charge in [0, 0.05) is 13.1 Å². The predicted molar refractivity (Wildman–Crippen MR) is 89.7 cm³/mol. The number of aryl methyl sites for hydroxylation is 1. The number of nitrogens with one attached hydrogen (secondary N) is 1. The summed E-state index contributed by atoms with van der Waals surface area (Å²) in [5.74, 6) is -0.355. The quantitative estimate of drug-likeness (QED) is 0.734. The number of carbonyl (C=O) groups is 3. The average molecular weight is 361 g/mol. The van der Waals surface area contributed by atoms with Gasteiger partial charge >= 0.3 is 6.03 Å². The summed E-state index contributed by atoms with van der Waals surface area (Å²) < 4.78 is 1.86. The monoisotopic (exact) mass is 361 g/mol. The highest BCUT2D eigenvalue weighted by molar-refractivity contribution is 6.04. The molecule has 1 atom stereocenters. The normalized spacial score (nSPS) is 21.9. The fraction of sp³-hybridized carbons (Fsp3) is 0.647. The van der Waals surface area contributed by atoms with Gasteiger partial charge in [-0.3, -0.25) is 19.2 Å². The van der Waals surface area contributed by atoms with Gasteiger partial charge in [0.25, 0.3) is 5.91 Å². The molecule has 4 rings (SSSR count). The maximum atomic E-state index is 12.6. The van der Waals surface area contributed by atoms with Crippen LogP contribution in [-0.4, -0.2) is 62.2 Å². The van der Waals surface area contributed by atoms with Crippen molar-refractivity contribution in [1.29, 1.82) is 0 Å². The molecule has 9 nitrogen and oxygen atoms in total. The minimum atomic E-state index is -0.543. The molecule has 4 amide bonds. The second-order valence-electron chi connectivity index (χ2n) is 7.23. The van der Waals surface area contributed by atoms with E-state index in [-0.39, 0.29) is 30.8 Å². The number of aliphatic hydroxyl groups is 1. The predicted octanol–water partition coefficient (Wildman–Crippen LogP) is 0.000700. The van der Waals surface area contributed by atoms with E-state index in [9.17, 15) is 19.5 Å². The fourth-order valence-corrected chi connectivity index (χ4v) is 3.69. The molecule has 1 aromatic heterocycles. The Kier molecular flexibility index (Phi) is 4.39. The Balaban J connectivity index is 1.45. The van der Waals surface area contributed by atoms with Crippen LogP contribution in [0, 0.1) is 5.92 Å². The summed E-state index contributed by atoms with van der Waals surface area (Å²) in [5.41, 5.74) is 1.55. The van der Waals surface area contributed by atoms with E-state index < -0.39 is 12.1 Å².